The van der Waals surface area contributed by atoms with E-state index in [1.807, 2.05) is 24.3 Å². The standard InChI is InChI=1S/C15H21BrN2O3/c16-12-2-1-3-14(8-12)21-10-13(19)9-17-6-7-18-15(20)11-4-5-11/h1-3,8,11,13,17,19H,4-7,9-10H2,(H,18,20). The first-order valence-corrected chi connectivity index (χ1v) is 7.99. The zero-order valence-electron chi connectivity index (χ0n) is 11.8. The third-order valence-corrected chi connectivity index (χ3v) is 3.66. The highest BCUT2D eigenvalue weighted by Gasteiger charge is 2.28. The molecule has 21 heavy (non-hydrogen) atoms. The van der Waals surface area contributed by atoms with Crippen molar-refractivity contribution < 1.29 is 14.6 Å². The van der Waals surface area contributed by atoms with Crippen molar-refractivity contribution in [3.63, 3.8) is 0 Å². The Morgan fingerprint density at radius 1 is 1.43 bits per heavy atom. The first-order chi connectivity index (χ1) is 10.1. The Labute approximate surface area is 133 Å². The third-order valence-electron chi connectivity index (χ3n) is 3.17. The molecule has 5 nitrogen and oxygen atoms in total. The molecule has 1 aliphatic carbocycles. The fourth-order valence-electron chi connectivity index (χ4n) is 1.84. The van der Waals surface area contributed by atoms with Gasteiger partial charge in [0.05, 0.1) is 0 Å². The normalized spacial score (nSPS) is 15.5. The molecule has 1 saturated carbocycles. The van der Waals surface area contributed by atoms with Gasteiger partial charge in [0.25, 0.3) is 0 Å². The van der Waals surface area contributed by atoms with Crippen molar-refractivity contribution in [3.05, 3.63) is 28.7 Å². The lowest BCUT2D eigenvalue weighted by Gasteiger charge is -2.13. The van der Waals surface area contributed by atoms with Gasteiger partial charge in [-0.05, 0) is 31.0 Å². The largest absolute Gasteiger partial charge is 0.491 e. The van der Waals surface area contributed by atoms with Crippen molar-refractivity contribution in [2.24, 2.45) is 5.92 Å². The number of hydrogen-bond acceptors (Lipinski definition) is 4. The maximum absolute atomic E-state index is 11.4. The van der Waals surface area contributed by atoms with Crippen LogP contribution in [0.5, 0.6) is 5.75 Å². The number of nitrogens with one attached hydrogen (secondary N) is 2. The monoisotopic (exact) mass is 356 g/mol. The zero-order valence-corrected chi connectivity index (χ0v) is 13.4. The Bertz CT molecular complexity index is 466. The van der Waals surface area contributed by atoms with Crippen molar-refractivity contribution in [2.75, 3.05) is 26.2 Å². The summed E-state index contributed by atoms with van der Waals surface area (Å²) in [5.74, 6) is 1.12. The highest BCUT2D eigenvalue weighted by Crippen LogP contribution is 2.28. The summed E-state index contributed by atoms with van der Waals surface area (Å²) in [5, 5.41) is 15.8. The summed E-state index contributed by atoms with van der Waals surface area (Å²) >= 11 is 3.37. The third kappa shape index (κ3) is 6.46. The van der Waals surface area contributed by atoms with E-state index in [0.29, 0.717) is 19.6 Å². The van der Waals surface area contributed by atoms with Gasteiger partial charge in [0.1, 0.15) is 18.5 Å². The van der Waals surface area contributed by atoms with Gasteiger partial charge < -0.3 is 20.5 Å². The van der Waals surface area contributed by atoms with Crippen LogP contribution in [-0.2, 0) is 4.79 Å². The summed E-state index contributed by atoms with van der Waals surface area (Å²) in [7, 11) is 0. The van der Waals surface area contributed by atoms with Gasteiger partial charge in [-0.2, -0.15) is 0 Å². The molecule has 3 N–H and O–H groups in total. The molecular weight excluding hydrogens is 336 g/mol. The lowest BCUT2D eigenvalue weighted by Crippen LogP contribution is -2.37. The molecule has 0 saturated heterocycles. The van der Waals surface area contributed by atoms with E-state index in [9.17, 15) is 9.90 Å². The van der Waals surface area contributed by atoms with Gasteiger partial charge in [-0.3, -0.25) is 4.79 Å². The van der Waals surface area contributed by atoms with Crippen LogP contribution in [0.15, 0.2) is 28.7 Å². The van der Waals surface area contributed by atoms with E-state index in [0.717, 1.165) is 23.1 Å². The minimum absolute atomic E-state index is 0.148. The van der Waals surface area contributed by atoms with Crippen molar-refractivity contribution >= 4 is 21.8 Å². The molecule has 0 bridgehead atoms. The molecular formula is C15H21BrN2O3. The molecule has 116 valence electrons. The topological polar surface area (TPSA) is 70.6 Å². The molecule has 0 radical (unpaired) electrons. The van der Waals surface area contributed by atoms with E-state index in [1.54, 1.807) is 0 Å². The summed E-state index contributed by atoms with van der Waals surface area (Å²) in [5.41, 5.74) is 0. The van der Waals surface area contributed by atoms with E-state index in [1.165, 1.54) is 0 Å². The summed E-state index contributed by atoms with van der Waals surface area (Å²) in [4.78, 5) is 11.4. The van der Waals surface area contributed by atoms with Crippen LogP contribution < -0.4 is 15.4 Å². The second-order valence-electron chi connectivity index (χ2n) is 5.19. The molecule has 0 spiro atoms. The second-order valence-corrected chi connectivity index (χ2v) is 6.11. The van der Waals surface area contributed by atoms with Crippen LogP contribution >= 0.6 is 15.9 Å². The Balaban J connectivity index is 1.51. The molecule has 1 atom stereocenters. The lowest BCUT2D eigenvalue weighted by molar-refractivity contribution is -0.122. The number of aliphatic hydroxyl groups excluding tert-OH is 1. The van der Waals surface area contributed by atoms with Gasteiger partial charge in [-0.25, -0.2) is 0 Å². The number of amides is 1. The van der Waals surface area contributed by atoms with E-state index in [4.69, 9.17) is 4.74 Å². The molecule has 1 aromatic rings. The van der Waals surface area contributed by atoms with Crippen molar-refractivity contribution in [1.82, 2.24) is 10.6 Å². The number of benzene rings is 1. The summed E-state index contributed by atoms with van der Waals surface area (Å²) in [6, 6.07) is 7.50. The van der Waals surface area contributed by atoms with Crippen LogP contribution in [0.4, 0.5) is 0 Å². The Morgan fingerprint density at radius 2 is 2.24 bits per heavy atom. The number of rotatable bonds is 9. The second kappa shape index (κ2) is 8.36. The average Bonchev–Trinajstić information content (AvgIpc) is 3.29. The van der Waals surface area contributed by atoms with Crippen molar-refractivity contribution in [1.29, 1.82) is 0 Å². The molecule has 1 aliphatic rings. The number of carbonyl (C=O) groups excluding carboxylic acids is 1. The van der Waals surface area contributed by atoms with Crippen LogP contribution in [0.3, 0.4) is 0 Å². The molecule has 0 aliphatic heterocycles. The van der Waals surface area contributed by atoms with Gasteiger partial charge in [0.2, 0.25) is 5.91 Å². The smallest absolute Gasteiger partial charge is 0.223 e. The Hall–Kier alpha value is -1.11. The highest BCUT2D eigenvalue weighted by molar-refractivity contribution is 9.10. The van der Waals surface area contributed by atoms with Gasteiger partial charge in [0.15, 0.2) is 0 Å². The molecule has 1 unspecified atom stereocenters. The fourth-order valence-corrected chi connectivity index (χ4v) is 2.22. The number of ether oxygens (including phenoxy) is 1. The number of aliphatic hydroxyl groups is 1. The van der Waals surface area contributed by atoms with Crippen molar-refractivity contribution in [3.8, 4) is 5.75 Å². The quantitative estimate of drug-likeness (QED) is 0.583. The predicted molar refractivity (Wildman–Crippen MR) is 84.2 cm³/mol. The zero-order chi connectivity index (χ0) is 15.1. The number of halogens is 1. The van der Waals surface area contributed by atoms with Gasteiger partial charge in [-0.15, -0.1) is 0 Å². The average molecular weight is 357 g/mol. The van der Waals surface area contributed by atoms with E-state index < -0.39 is 6.10 Å². The van der Waals surface area contributed by atoms with E-state index in [2.05, 4.69) is 26.6 Å². The minimum Gasteiger partial charge on any atom is -0.491 e. The van der Waals surface area contributed by atoms with Gasteiger partial charge in [0, 0.05) is 30.0 Å². The molecule has 0 heterocycles. The lowest BCUT2D eigenvalue weighted by atomic mass is 10.3. The SMILES string of the molecule is O=C(NCCNCC(O)COc1cccc(Br)c1)C1CC1. The van der Waals surface area contributed by atoms with Crippen LogP contribution in [0, 0.1) is 5.92 Å². The molecule has 2 rings (SSSR count). The van der Waals surface area contributed by atoms with Crippen LogP contribution in [0.25, 0.3) is 0 Å². The van der Waals surface area contributed by atoms with Crippen LogP contribution in [0.1, 0.15) is 12.8 Å². The first kappa shape index (κ1) is 16.3. The van der Waals surface area contributed by atoms with Crippen LogP contribution in [0.2, 0.25) is 0 Å². The maximum atomic E-state index is 11.4. The maximum Gasteiger partial charge on any atom is 0.223 e. The first-order valence-electron chi connectivity index (χ1n) is 7.20. The van der Waals surface area contributed by atoms with E-state index in [-0.39, 0.29) is 18.4 Å². The van der Waals surface area contributed by atoms with Crippen LogP contribution in [-0.4, -0.2) is 43.4 Å². The fraction of sp³-hybridized carbons (Fsp3) is 0.533. The molecule has 0 aromatic heterocycles. The van der Waals surface area contributed by atoms with Crippen molar-refractivity contribution in [2.45, 2.75) is 18.9 Å². The number of hydrogen-bond donors (Lipinski definition) is 3. The molecule has 1 amide bonds. The number of carbonyl (C=O) groups is 1. The summed E-state index contributed by atoms with van der Waals surface area (Å²) in [6.45, 7) is 1.91. The molecule has 1 fully saturated rings. The summed E-state index contributed by atoms with van der Waals surface area (Å²) in [6.07, 6.45) is 1.46. The minimum atomic E-state index is -0.580. The summed E-state index contributed by atoms with van der Waals surface area (Å²) < 4.78 is 6.44. The molecule has 1 aromatic carbocycles. The predicted octanol–water partition coefficient (Wildman–Crippen LogP) is 1.30. The van der Waals surface area contributed by atoms with Gasteiger partial charge in [-0.1, -0.05) is 22.0 Å². The van der Waals surface area contributed by atoms with E-state index >= 15 is 0 Å². The highest BCUT2D eigenvalue weighted by atomic mass is 79.9. The van der Waals surface area contributed by atoms with Gasteiger partial charge >= 0.3 is 0 Å². The molecule has 6 heteroatoms. The Morgan fingerprint density at radius 3 is 2.95 bits per heavy atom. The Kier molecular flexibility index (Phi) is 6.48.